The van der Waals surface area contributed by atoms with Gasteiger partial charge in [-0.05, 0) is 144 Å². The Balaban J connectivity index is 0.000000249. The molecule has 104 heavy (non-hydrogen) atoms. The summed E-state index contributed by atoms with van der Waals surface area (Å²) in [5, 5.41) is 27.3. The summed E-state index contributed by atoms with van der Waals surface area (Å²) < 4.78 is 193. The van der Waals surface area contributed by atoms with Crippen molar-refractivity contribution in [2.24, 2.45) is 11.5 Å². The van der Waals surface area contributed by atoms with Crippen LogP contribution >= 0.6 is 11.6 Å². The molecule has 8 rings (SSSR count). The third kappa shape index (κ3) is 25.4. The number of nitrogens with two attached hydrogens (primary N) is 2. The molecule has 576 valence electrons. The summed E-state index contributed by atoms with van der Waals surface area (Å²) in [6, 6.07) is 11.3. The molecule has 4 heterocycles. The number of ether oxygens (including phenoxy) is 5. The van der Waals surface area contributed by atoms with Crippen molar-refractivity contribution in [3.05, 3.63) is 141 Å². The maximum absolute atomic E-state index is 15.0. The lowest BCUT2D eigenvalue weighted by molar-refractivity contribution is -0.141. The number of hydrogen-bond donors (Lipinski definition) is 6. The summed E-state index contributed by atoms with van der Waals surface area (Å²) >= 11 is 6.29. The fourth-order valence-electron chi connectivity index (χ4n) is 10.8. The van der Waals surface area contributed by atoms with E-state index < -0.39 is 64.9 Å². The van der Waals surface area contributed by atoms with Gasteiger partial charge in [-0.3, -0.25) is 25.3 Å². The van der Waals surface area contributed by atoms with Crippen LogP contribution in [0.1, 0.15) is 127 Å². The maximum Gasteiger partial charge on any atom is 0.422 e. The normalized spacial score (nSPS) is 12.2. The van der Waals surface area contributed by atoms with Crippen molar-refractivity contribution in [2.45, 2.75) is 151 Å². The first-order chi connectivity index (χ1) is 48.8. The van der Waals surface area contributed by atoms with Crippen molar-refractivity contribution in [3.63, 3.8) is 0 Å². The third-order valence-corrected chi connectivity index (χ3v) is 15.7. The van der Waals surface area contributed by atoms with Gasteiger partial charge in [0.25, 0.3) is 11.8 Å². The van der Waals surface area contributed by atoms with Crippen LogP contribution in [0.15, 0.2) is 79.4 Å². The van der Waals surface area contributed by atoms with Crippen LogP contribution in [0.25, 0.3) is 44.8 Å². The van der Waals surface area contributed by atoms with E-state index in [9.17, 15) is 52.7 Å². The second-order valence-electron chi connectivity index (χ2n) is 25.9. The van der Waals surface area contributed by atoms with Gasteiger partial charge in [0.15, 0.2) is 11.6 Å². The molecule has 4 aromatic heterocycles. The summed E-state index contributed by atoms with van der Waals surface area (Å²) in [7, 11) is 9.20. The average molecular weight is 1500 g/mol. The van der Waals surface area contributed by atoms with Crippen LogP contribution < -0.4 is 30.4 Å². The Kier molecular flexibility index (Phi) is 32.9. The Morgan fingerprint density at radius 1 is 0.471 bits per heavy atom. The van der Waals surface area contributed by atoms with Crippen molar-refractivity contribution in [1.29, 1.82) is 0 Å². The second kappa shape index (κ2) is 39.4. The van der Waals surface area contributed by atoms with E-state index >= 15 is 0 Å². The molecule has 0 saturated carbocycles. The zero-order valence-corrected chi connectivity index (χ0v) is 62.1. The molecule has 4 aromatic carbocycles. The number of alkyl halides is 10. The Morgan fingerprint density at radius 2 is 0.923 bits per heavy atom. The molecular weight excluding hydrogens is 1400 g/mol. The molecule has 0 atom stereocenters. The van der Waals surface area contributed by atoms with Crippen LogP contribution in [0.2, 0.25) is 5.02 Å². The van der Waals surface area contributed by atoms with E-state index in [1.165, 1.54) is 36.7 Å². The van der Waals surface area contributed by atoms with E-state index in [1.807, 2.05) is 49.8 Å². The minimum Gasteiger partial charge on any atom is -0.491 e. The summed E-state index contributed by atoms with van der Waals surface area (Å²) in [6.45, 7) is 22.4. The molecule has 0 amide bonds. The number of H-pyrrole nitrogens is 4. The molecule has 0 aliphatic heterocycles. The summed E-state index contributed by atoms with van der Waals surface area (Å²) in [6.07, 6.45) is -2.59. The quantitative estimate of drug-likeness (QED) is 0.0170. The van der Waals surface area contributed by atoms with Crippen LogP contribution in [-0.2, 0) is 55.1 Å². The van der Waals surface area contributed by atoms with Gasteiger partial charge in [0, 0.05) is 135 Å². The van der Waals surface area contributed by atoms with Gasteiger partial charge in [-0.25, -0.2) is 26.3 Å². The highest BCUT2D eigenvalue weighted by molar-refractivity contribution is 6.33. The number of aromatic nitrogens is 8. The molecule has 8 N–H and O–H groups in total. The number of benzene rings is 4. The summed E-state index contributed by atoms with van der Waals surface area (Å²) in [5.74, 6) is -8.61. The van der Waals surface area contributed by atoms with Crippen LogP contribution in [0.3, 0.4) is 0 Å². The van der Waals surface area contributed by atoms with Gasteiger partial charge in [0.05, 0.1) is 83.1 Å². The van der Waals surface area contributed by atoms with Crippen LogP contribution in [0.4, 0.5) is 52.7 Å². The van der Waals surface area contributed by atoms with E-state index in [-0.39, 0.29) is 56.1 Å². The molecule has 19 nitrogen and oxygen atoms in total. The first-order valence-electron chi connectivity index (χ1n) is 33.7. The van der Waals surface area contributed by atoms with E-state index in [1.54, 1.807) is 67.1 Å². The highest BCUT2D eigenvalue weighted by Crippen LogP contribution is 2.46. The van der Waals surface area contributed by atoms with Gasteiger partial charge in [0.2, 0.25) is 0 Å². The maximum atomic E-state index is 15.0. The van der Waals surface area contributed by atoms with Crippen LogP contribution in [-0.4, -0.2) is 166 Å². The first-order valence-corrected chi connectivity index (χ1v) is 34.1. The predicted molar refractivity (Wildman–Crippen MR) is 379 cm³/mol. The smallest absolute Gasteiger partial charge is 0.422 e. The van der Waals surface area contributed by atoms with Gasteiger partial charge < -0.3 is 49.9 Å². The molecule has 32 heteroatoms. The fourth-order valence-corrected chi connectivity index (χ4v) is 11.0. The number of likely N-dealkylation sites (N-methyl/N-ethyl adjacent to an activating group) is 2. The topological polar surface area (TPSA) is 226 Å². The largest absolute Gasteiger partial charge is 0.491 e. The molecule has 0 unspecified atom stereocenters. The van der Waals surface area contributed by atoms with Crippen molar-refractivity contribution in [3.8, 4) is 67.8 Å². The van der Waals surface area contributed by atoms with Crippen molar-refractivity contribution >= 4 is 11.6 Å². The number of nitrogens with zero attached hydrogens (tertiary/aromatic N) is 8. The molecule has 0 fully saturated rings. The predicted octanol–water partition coefficient (Wildman–Crippen LogP) is 16.4. The highest BCUT2D eigenvalue weighted by atomic mass is 35.5. The van der Waals surface area contributed by atoms with E-state index in [0.717, 1.165) is 75.3 Å². The molecule has 0 spiro atoms. The Morgan fingerprint density at radius 3 is 1.40 bits per heavy atom. The van der Waals surface area contributed by atoms with Crippen LogP contribution in [0, 0.1) is 11.6 Å². The van der Waals surface area contributed by atoms with Gasteiger partial charge in [0.1, 0.15) is 35.2 Å². The minimum atomic E-state index is -4.87. The first kappa shape index (κ1) is 86.7. The lowest BCUT2D eigenvalue weighted by atomic mass is 9.99. The SMILES string of the molecule is CC(C)Oc1cc(C(C)(F)F)cc(-c2[nH]ncc2CN(C)CCN)c1F.CCCN(C)Cc1[nH]ncc1-c1cc(C(F)(F)F)c(OC(C)C)cc1Cl.CCCN(C)Cc1cn[nH]c1-c1ccc(OC(C)C)c(C(F)(F)F)c1F.COCCOc1ccc(C(C)(F)F)cc1-c1cn[nH]c1CN(C)CCN. The van der Waals surface area contributed by atoms with E-state index in [2.05, 4.69) is 52.6 Å². The molecule has 0 bridgehead atoms. The molecule has 0 saturated heterocycles. The zero-order valence-electron chi connectivity index (χ0n) is 61.3. The summed E-state index contributed by atoms with van der Waals surface area (Å²) in [4.78, 5) is 8.02. The minimum absolute atomic E-state index is 0.00771. The number of methoxy groups -OCH3 is 1. The van der Waals surface area contributed by atoms with Gasteiger partial charge in [-0.2, -0.15) is 46.7 Å². The number of hydrogen-bond acceptors (Lipinski definition) is 15. The lowest BCUT2D eigenvalue weighted by Gasteiger charge is -2.19. The number of nitrogens with one attached hydrogen (secondary N) is 4. The van der Waals surface area contributed by atoms with E-state index in [4.69, 9.17) is 46.8 Å². The fraction of sp³-hybridized carbons (Fsp3) is 0.500. The van der Waals surface area contributed by atoms with E-state index in [0.29, 0.717) is 105 Å². The van der Waals surface area contributed by atoms with Crippen molar-refractivity contribution in [2.75, 3.05) is 87.8 Å². The van der Waals surface area contributed by atoms with Gasteiger partial charge in [-0.15, -0.1) is 0 Å². The Labute approximate surface area is 604 Å². The molecular formula is C72H97ClF12N14O5. The zero-order chi connectivity index (χ0) is 77.6. The number of halogens is 13. The molecule has 0 aliphatic carbocycles. The van der Waals surface area contributed by atoms with Crippen LogP contribution in [0.5, 0.6) is 23.0 Å². The summed E-state index contributed by atoms with van der Waals surface area (Å²) in [5.41, 5.74) is 13.9. The molecule has 0 radical (unpaired) electrons. The standard InChI is InChI=1S/C18H23ClF3N3O.C18H23F4N3O.C18H25F3N4O.C18H26F2N4O2/c1-5-6-25(4)10-16-13(9-23-24-16)12-7-14(18(20,21)22)17(8-15(12)19)26-11(2)3;1-5-8-25(4)10-12-9-23-24-17(12)13-6-7-14(26-11(2)3)15(16(13)19)18(20,21)22;1-11(2)26-15-8-13(18(3,20)21)7-14(16(15)19)17-12(9-23-24-17)10-25(4)6-5-22;1-18(19,20)13-4-5-17(26-9-8-25-3)14(10-13)15-11-22-23-16(15)12-24(2)7-6-21/h7-9,11H,5-6,10H2,1-4H3,(H,23,24);6-7,9,11H,5,8,10H2,1-4H3,(H,23,24);7-9,11H,5-6,10,22H2,1-4H3,(H,23,24);4-5,10-11H,6-9,12,21H2,1-3H3,(H,22,23). The Bertz CT molecular complexity index is 3860. The van der Waals surface area contributed by atoms with Crippen molar-refractivity contribution in [1.82, 2.24) is 60.4 Å². The third-order valence-electron chi connectivity index (χ3n) is 15.4. The lowest BCUT2D eigenvalue weighted by Crippen LogP contribution is -2.25. The highest BCUT2D eigenvalue weighted by Gasteiger charge is 2.41. The van der Waals surface area contributed by atoms with Crippen molar-refractivity contribution < 1.29 is 76.4 Å². The second-order valence-corrected chi connectivity index (χ2v) is 26.3. The molecule has 8 aromatic rings. The average Bonchev–Trinajstić information content (AvgIpc) is 1.17. The Hall–Kier alpha value is -7.91. The molecule has 0 aliphatic rings. The number of rotatable bonds is 32. The monoisotopic (exact) mass is 1500 g/mol. The number of aromatic amines is 4. The van der Waals surface area contributed by atoms with Gasteiger partial charge >= 0.3 is 12.4 Å². The van der Waals surface area contributed by atoms with Gasteiger partial charge in [-0.1, -0.05) is 25.4 Å².